The van der Waals surface area contributed by atoms with Gasteiger partial charge in [0.25, 0.3) is 11.8 Å². The molecular formula is C8H11NO3. The third kappa shape index (κ3) is 0.876. The Bertz CT molecular complexity index is 238. The molecule has 0 bridgehead atoms. The van der Waals surface area contributed by atoms with Crippen molar-refractivity contribution in [2.45, 2.75) is 19.3 Å². The van der Waals surface area contributed by atoms with Crippen molar-refractivity contribution < 1.29 is 14.4 Å². The van der Waals surface area contributed by atoms with Gasteiger partial charge in [0.1, 0.15) is 0 Å². The van der Waals surface area contributed by atoms with Gasteiger partial charge in [0.15, 0.2) is 0 Å². The van der Waals surface area contributed by atoms with Crippen LogP contribution in [0.2, 0.25) is 0 Å². The number of hydrogen-bond donors (Lipinski definition) is 0. The van der Waals surface area contributed by atoms with Gasteiger partial charge in [0, 0.05) is 12.3 Å². The normalized spacial score (nSPS) is 34.6. The molecule has 2 atom stereocenters. The van der Waals surface area contributed by atoms with Crippen molar-refractivity contribution in [3.05, 3.63) is 0 Å². The van der Waals surface area contributed by atoms with E-state index in [9.17, 15) is 9.59 Å². The molecule has 66 valence electrons. The van der Waals surface area contributed by atoms with Crippen LogP contribution < -0.4 is 0 Å². The molecule has 4 heteroatoms. The average molecular weight is 169 g/mol. The summed E-state index contributed by atoms with van der Waals surface area (Å²) in [7, 11) is 1.36. The Kier molecular flexibility index (Phi) is 1.65. The van der Waals surface area contributed by atoms with Gasteiger partial charge in [-0.25, -0.2) is 0 Å². The predicted molar refractivity (Wildman–Crippen MR) is 39.7 cm³/mol. The van der Waals surface area contributed by atoms with Crippen molar-refractivity contribution in [1.82, 2.24) is 5.06 Å². The minimum atomic E-state index is -0.191. The van der Waals surface area contributed by atoms with Crippen molar-refractivity contribution in [2.24, 2.45) is 11.8 Å². The Morgan fingerprint density at radius 2 is 2.17 bits per heavy atom. The highest BCUT2D eigenvalue weighted by Crippen LogP contribution is 2.41. The Labute approximate surface area is 70.4 Å². The molecule has 2 unspecified atom stereocenters. The minimum Gasteiger partial charge on any atom is -0.272 e. The van der Waals surface area contributed by atoms with Crippen LogP contribution in [0, 0.1) is 11.8 Å². The number of carbonyl (C=O) groups is 2. The first-order valence-corrected chi connectivity index (χ1v) is 4.15. The lowest BCUT2D eigenvalue weighted by atomic mass is 9.69. The summed E-state index contributed by atoms with van der Waals surface area (Å²) in [6.45, 7) is 0. The second-order valence-electron chi connectivity index (χ2n) is 3.36. The zero-order valence-corrected chi connectivity index (χ0v) is 6.95. The standard InChI is InChI=1S/C8H11NO3/c1-12-9-7(10)4-5-2-3-6(5)8(9)11/h5-6H,2-4H2,1H3. The van der Waals surface area contributed by atoms with Crippen LogP contribution in [0.5, 0.6) is 0 Å². The van der Waals surface area contributed by atoms with Gasteiger partial charge in [-0.1, -0.05) is 0 Å². The molecule has 1 saturated carbocycles. The lowest BCUT2D eigenvalue weighted by Crippen LogP contribution is -2.52. The fourth-order valence-electron chi connectivity index (χ4n) is 1.91. The summed E-state index contributed by atoms with van der Waals surface area (Å²) in [5, 5.41) is 0.903. The molecule has 2 fully saturated rings. The maximum absolute atomic E-state index is 11.4. The Morgan fingerprint density at radius 1 is 1.42 bits per heavy atom. The second-order valence-corrected chi connectivity index (χ2v) is 3.36. The highest BCUT2D eigenvalue weighted by molar-refractivity contribution is 5.98. The van der Waals surface area contributed by atoms with E-state index >= 15 is 0 Å². The molecule has 0 N–H and O–H groups in total. The van der Waals surface area contributed by atoms with Crippen LogP contribution in [-0.2, 0) is 14.4 Å². The third-order valence-electron chi connectivity index (χ3n) is 2.78. The fraction of sp³-hybridized carbons (Fsp3) is 0.750. The summed E-state index contributed by atoms with van der Waals surface area (Å²) >= 11 is 0. The first-order chi connectivity index (χ1) is 5.74. The first kappa shape index (κ1) is 7.73. The Balaban J connectivity index is 2.16. The number of rotatable bonds is 1. The van der Waals surface area contributed by atoms with Gasteiger partial charge in [-0.2, -0.15) is 5.06 Å². The van der Waals surface area contributed by atoms with Crippen molar-refractivity contribution >= 4 is 11.8 Å². The molecule has 1 aliphatic heterocycles. The zero-order chi connectivity index (χ0) is 8.72. The molecule has 1 heterocycles. The smallest absolute Gasteiger partial charge is 0.256 e. The molecule has 0 aromatic heterocycles. The van der Waals surface area contributed by atoms with E-state index in [1.165, 1.54) is 7.11 Å². The molecule has 0 spiro atoms. The van der Waals surface area contributed by atoms with Crippen LogP contribution in [0.4, 0.5) is 0 Å². The lowest BCUT2D eigenvalue weighted by molar-refractivity contribution is -0.203. The summed E-state index contributed by atoms with van der Waals surface area (Å²) in [6.07, 6.45) is 2.40. The number of amides is 2. The number of nitrogens with zero attached hydrogens (tertiary/aromatic N) is 1. The molecule has 12 heavy (non-hydrogen) atoms. The van der Waals surface area contributed by atoms with Gasteiger partial charge >= 0.3 is 0 Å². The maximum Gasteiger partial charge on any atom is 0.256 e. The molecule has 2 aliphatic rings. The van der Waals surface area contributed by atoms with Crippen LogP contribution in [0.3, 0.4) is 0 Å². The molecule has 0 aromatic carbocycles. The quantitative estimate of drug-likeness (QED) is 0.531. The van der Waals surface area contributed by atoms with Crippen LogP contribution in [0.25, 0.3) is 0 Å². The molecule has 0 aromatic rings. The van der Waals surface area contributed by atoms with Crippen molar-refractivity contribution in [3.63, 3.8) is 0 Å². The SMILES string of the molecule is CON1C(=O)CC2CCC2C1=O. The summed E-state index contributed by atoms with van der Waals surface area (Å²) in [6, 6.07) is 0. The maximum atomic E-state index is 11.4. The molecular weight excluding hydrogens is 158 g/mol. The number of hydroxylamine groups is 2. The van der Waals surface area contributed by atoms with Crippen molar-refractivity contribution in [1.29, 1.82) is 0 Å². The van der Waals surface area contributed by atoms with E-state index in [0.717, 1.165) is 17.9 Å². The molecule has 0 radical (unpaired) electrons. The number of piperidine rings is 1. The van der Waals surface area contributed by atoms with E-state index in [-0.39, 0.29) is 17.7 Å². The van der Waals surface area contributed by atoms with Crippen LogP contribution in [0.1, 0.15) is 19.3 Å². The van der Waals surface area contributed by atoms with E-state index in [1.54, 1.807) is 0 Å². The average Bonchev–Trinajstić information content (AvgIpc) is 1.97. The van der Waals surface area contributed by atoms with Gasteiger partial charge in [-0.3, -0.25) is 14.4 Å². The topological polar surface area (TPSA) is 46.6 Å². The van der Waals surface area contributed by atoms with Gasteiger partial charge < -0.3 is 0 Å². The number of carbonyl (C=O) groups excluding carboxylic acids is 2. The molecule has 1 aliphatic carbocycles. The highest BCUT2D eigenvalue weighted by Gasteiger charge is 2.46. The minimum absolute atomic E-state index is 0.0580. The van der Waals surface area contributed by atoms with Crippen LogP contribution in [0.15, 0.2) is 0 Å². The Hall–Kier alpha value is -0.900. The second kappa shape index (κ2) is 2.55. The number of imide groups is 1. The molecule has 2 rings (SSSR count). The van der Waals surface area contributed by atoms with Crippen LogP contribution >= 0.6 is 0 Å². The lowest BCUT2D eigenvalue weighted by Gasteiger charge is -2.41. The van der Waals surface area contributed by atoms with Crippen molar-refractivity contribution in [3.8, 4) is 0 Å². The number of fused-ring (bicyclic) bond motifs is 1. The van der Waals surface area contributed by atoms with Gasteiger partial charge in [-0.15, -0.1) is 0 Å². The molecule has 4 nitrogen and oxygen atoms in total. The van der Waals surface area contributed by atoms with E-state index in [2.05, 4.69) is 0 Å². The van der Waals surface area contributed by atoms with E-state index < -0.39 is 0 Å². The van der Waals surface area contributed by atoms with Gasteiger partial charge in [0.2, 0.25) is 0 Å². The summed E-state index contributed by atoms with van der Waals surface area (Å²) in [4.78, 5) is 27.3. The molecule has 1 saturated heterocycles. The Morgan fingerprint density at radius 3 is 2.67 bits per heavy atom. The highest BCUT2D eigenvalue weighted by atomic mass is 16.7. The van der Waals surface area contributed by atoms with Crippen LogP contribution in [-0.4, -0.2) is 24.0 Å². The number of hydrogen-bond acceptors (Lipinski definition) is 3. The zero-order valence-electron chi connectivity index (χ0n) is 6.95. The summed E-state index contributed by atoms with van der Waals surface area (Å²) < 4.78 is 0. The van der Waals surface area contributed by atoms with Crippen molar-refractivity contribution in [2.75, 3.05) is 7.11 Å². The van der Waals surface area contributed by atoms with Gasteiger partial charge in [0.05, 0.1) is 7.11 Å². The van der Waals surface area contributed by atoms with E-state index in [4.69, 9.17) is 4.84 Å². The third-order valence-corrected chi connectivity index (χ3v) is 2.78. The fourth-order valence-corrected chi connectivity index (χ4v) is 1.91. The van der Waals surface area contributed by atoms with E-state index in [0.29, 0.717) is 12.3 Å². The monoisotopic (exact) mass is 169 g/mol. The largest absolute Gasteiger partial charge is 0.272 e. The summed E-state index contributed by atoms with van der Waals surface area (Å²) in [5.41, 5.74) is 0. The molecule has 2 amide bonds. The summed E-state index contributed by atoms with van der Waals surface area (Å²) in [5.74, 6) is 0.0208. The predicted octanol–water partition coefficient (Wildman–Crippen LogP) is 0.333. The van der Waals surface area contributed by atoms with Gasteiger partial charge in [-0.05, 0) is 18.8 Å². The first-order valence-electron chi connectivity index (χ1n) is 4.15. The van der Waals surface area contributed by atoms with E-state index in [1.807, 2.05) is 0 Å².